The van der Waals surface area contributed by atoms with Gasteiger partial charge >= 0.3 is 0 Å². The van der Waals surface area contributed by atoms with Crippen molar-refractivity contribution in [2.24, 2.45) is 5.73 Å². The molecule has 0 saturated carbocycles. The Balaban J connectivity index is 2.06. The van der Waals surface area contributed by atoms with Crippen LogP contribution >= 0.6 is 22.7 Å². The second kappa shape index (κ2) is 3.67. The van der Waals surface area contributed by atoms with Crippen LogP contribution in [0, 0.1) is 5.41 Å². The van der Waals surface area contributed by atoms with E-state index in [1.54, 1.807) is 0 Å². The first kappa shape index (κ1) is 10.5. The summed E-state index contributed by atoms with van der Waals surface area (Å²) in [4.78, 5) is 11.0. The van der Waals surface area contributed by atoms with Crippen LogP contribution in [0.5, 0.6) is 0 Å². The largest absolute Gasteiger partial charge is 0.375 e. The van der Waals surface area contributed by atoms with E-state index in [0.29, 0.717) is 10.3 Å². The van der Waals surface area contributed by atoms with Crippen LogP contribution in [0.1, 0.15) is 10.6 Å². The van der Waals surface area contributed by atoms with Gasteiger partial charge in [0.15, 0.2) is 16.2 Å². The summed E-state index contributed by atoms with van der Waals surface area (Å²) in [6.07, 6.45) is 1.82. The summed E-state index contributed by atoms with van der Waals surface area (Å²) in [5.41, 5.74) is 13.0. The molecule has 2 heterocycles. The topological polar surface area (TPSA) is 114 Å². The van der Waals surface area contributed by atoms with Crippen LogP contribution < -0.4 is 16.8 Å². The van der Waals surface area contributed by atoms with Crippen molar-refractivity contribution < 1.29 is 0 Å². The van der Waals surface area contributed by atoms with E-state index in [9.17, 15) is 0 Å². The van der Waals surface area contributed by atoms with Crippen molar-refractivity contribution in [2.75, 3.05) is 11.1 Å². The minimum Gasteiger partial charge on any atom is -0.375 e. The number of nitrogens with two attached hydrogens (primary N) is 2. The number of anilines is 2. The highest BCUT2D eigenvalue weighted by Crippen LogP contribution is 2.41. The van der Waals surface area contributed by atoms with Gasteiger partial charge in [0.25, 0.3) is 0 Å². The molecule has 0 fully saturated rings. The Morgan fingerprint density at radius 1 is 1.29 bits per heavy atom. The number of aryl methyl sites for hydroxylation is 2. The van der Waals surface area contributed by atoms with Crippen LogP contribution in [0.15, 0.2) is 0 Å². The van der Waals surface area contributed by atoms with Gasteiger partial charge in [-0.25, -0.2) is 9.97 Å². The molecule has 8 heteroatoms. The van der Waals surface area contributed by atoms with Crippen molar-refractivity contribution in [3.63, 3.8) is 0 Å². The van der Waals surface area contributed by atoms with Gasteiger partial charge in [0.2, 0.25) is 0 Å². The first-order valence-corrected chi connectivity index (χ1v) is 6.63. The molecule has 0 atom stereocenters. The number of guanidine groups is 1. The third-order valence-electron chi connectivity index (χ3n) is 2.46. The highest BCUT2D eigenvalue weighted by Gasteiger charge is 2.24. The zero-order valence-electron chi connectivity index (χ0n) is 8.78. The third kappa shape index (κ3) is 1.75. The number of hydrogen-bond acceptors (Lipinski definition) is 6. The van der Waals surface area contributed by atoms with Gasteiger partial charge in [-0.3, -0.25) is 5.41 Å². The Morgan fingerprint density at radius 2 is 2.12 bits per heavy atom. The van der Waals surface area contributed by atoms with Gasteiger partial charge in [0.1, 0.15) is 0 Å². The summed E-state index contributed by atoms with van der Waals surface area (Å²) >= 11 is 3.00. The van der Waals surface area contributed by atoms with Crippen molar-refractivity contribution in [1.29, 1.82) is 5.41 Å². The number of hydrogen-bond donors (Lipinski definition) is 4. The number of thiazole rings is 2. The van der Waals surface area contributed by atoms with Gasteiger partial charge in [-0.1, -0.05) is 11.3 Å². The number of nitrogens with zero attached hydrogens (tertiary/aromatic N) is 2. The predicted octanol–water partition coefficient (Wildman–Crippen LogP) is 1.25. The zero-order valence-corrected chi connectivity index (χ0v) is 10.4. The lowest BCUT2D eigenvalue weighted by atomic mass is 10.1. The average Bonchev–Trinajstić information content (AvgIpc) is 2.77. The summed E-state index contributed by atoms with van der Waals surface area (Å²) in [5.74, 6) is -0.103. The maximum absolute atomic E-state index is 7.19. The molecule has 6 nitrogen and oxygen atoms in total. The maximum Gasteiger partial charge on any atom is 0.192 e. The molecular formula is C9H10N6S2. The summed E-state index contributed by atoms with van der Waals surface area (Å²) in [5, 5.41) is 11.1. The number of nitrogens with one attached hydrogen (secondary N) is 2. The van der Waals surface area contributed by atoms with Gasteiger partial charge in [0, 0.05) is 4.88 Å². The van der Waals surface area contributed by atoms with E-state index < -0.39 is 0 Å². The molecule has 2 aromatic heterocycles. The Kier molecular flexibility index (Phi) is 2.26. The third-order valence-corrected chi connectivity index (χ3v) is 4.42. The Hall–Kier alpha value is -1.67. The average molecular weight is 266 g/mol. The van der Waals surface area contributed by atoms with Crippen LogP contribution in [-0.4, -0.2) is 15.9 Å². The molecule has 0 amide bonds. The Morgan fingerprint density at radius 3 is 2.88 bits per heavy atom. The maximum atomic E-state index is 7.19. The highest BCUT2D eigenvalue weighted by atomic mass is 32.1. The van der Waals surface area contributed by atoms with E-state index in [1.165, 1.54) is 27.6 Å². The van der Waals surface area contributed by atoms with E-state index in [0.717, 1.165) is 29.1 Å². The molecule has 17 heavy (non-hydrogen) atoms. The number of aromatic nitrogens is 2. The molecule has 0 aromatic carbocycles. The van der Waals surface area contributed by atoms with Crippen LogP contribution in [0.25, 0.3) is 10.6 Å². The fourth-order valence-electron chi connectivity index (χ4n) is 1.82. The molecule has 0 bridgehead atoms. The van der Waals surface area contributed by atoms with Crippen molar-refractivity contribution in [1.82, 2.24) is 9.97 Å². The van der Waals surface area contributed by atoms with Crippen molar-refractivity contribution in [3.8, 4) is 10.6 Å². The molecule has 0 saturated heterocycles. The van der Waals surface area contributed by atoms with Gasteiger partial charge in [0.05, 0.1) is 16.3 Å². The lowest BCUT2D eigenvalue weighted by Gasteiger charge is -2.07. The molecule has 1 aliphatic carbocycles. The molecule has 0 radical (unpaired) electrons. The molecule has 1 aliphatic rings. The fourth-order valence-corrected chi connectivity index (χ4v) is 3.77. The molecule has 3 rings (SSSR count). The molecule has 88 valence electrons. The van der Waals surface area contributed by atoms with Gasteiger partial charge in [-0.05, 0) is 12.8 Å². The molecule has 0 spiro atoms. The second-order valence-corrected chi connectivity index (χ2v) is 5.77. The lowest BCUT2D eigenvalue weighted by molar-refractivity contribution is 0.923. The van der Waals surface area contributed by atoms with Crippen molar-refractivity contribution in [2.45, 2.75) is 12.8 Å². The van der Waals surface area contributed by atoms with E-state index in [4.69, 9.17) is 16.9 Å². The Labute approximate surface area is 105 Å². The number of nitrogen functional groups attached to an aromatic ring is 1. The molecular weight excluding hydrogens is 256 g/mol. The van der Waals surface area contributed by atoms with E-state index in [1.807, 2.05) is 0 Å². The van der Waals surface area contributed by atoms with Crippen LogP contribution in [0.4, 0.5) is 10.3 Å². The van der Waals surface area contributed by atoms with E-state index in [2.05, 4.69) is 15.3 Å². The van der Waals surface area contributed by atoms with E-state index >= 15 is 0 Å². The smallest absolute Gasteiger partial charge is 0.192 e. The van der Waals surface area contributed by atoms with Gasteiger partial charge < -0.3 is 16.8 Å². The second-order valence-electron chi connectivity index (χ2n) is 3.66. The highest BCUT2D eigenvalue weighted by molar-refractivity contribution is 7.20. The molecule has 0 aliphatic heterocycles. The summed E-state index contributed by atoms with van der Waals surface area (Å²) < 4.78 is 0. The zero-order chi connectivity index (χ0) is 12.0. The first-order valence-electron chi connectivity index (χ1n) is 5.00. The predicted molar refractivity (Wildman–Crippen MR) is 70.6 cm³/mol. The quantitative estimate of drug-likeness (QED) is 0.458. The molecule has 0 unspecified atom stereocenters. The van der Waals surface area contributed by atoms with Gasteiger partial charge in [-0.15, -0.1) is 11.3 Å². The van der Waals surface area contributed by atoms with Gasteiger partial charge in [-0.2, -0.15) is 0 Å². The molecule has 6 N–H and O–H groups in total. The van der Waals surface area contributed by atoms with Crippen LogP contribution in [-0.2, 0) is 12.8 Å². The number of rotatable bonds is 1. The standard InChI is InChI=1S/C9H10N6S2/c10-7(11)15-9-13-3-1-2-4-5(6(3)17-9)14-8(12)16-4/h1-2H2,(H2,12,14)(H4,10,11,13,15). The SMILES string of the molecule is N=C(N)Nc1nc2c(s1)-c1nc(N)sc1CC2. The summed E-state index contributed by atoms with van der Waals surface area (Å²) in [7, 11) is 0. The van der Waals surface area contributed by atoms with Crippen LogP contribution in [0.3, 0.4) is 0 Å². The summed E-state index contributed by atoms with van der Waals surface area (Å²) in [6.45, 7) is 0. The van der Waals surface area contributed by atoms with Crippen molar-refractivity contribution >= 4 is 38.9 Å². The Bertz CT molecular complexity index is 599. The molecule has 2 aromatic rings. The minimum atomic E-state index is -0.103. The fraction of sp³-hybridized carbons (Fsp3) is 0.222. The lowest BCUT2D eigenvalue weighted by Crippen LogP contribution is -2.20. The first-order chi connectivity index (χ1) is 8.13. The van der Waals surface area contributed by atoms with Crippen molar-refractivity contribution in [3.05, 3.63) is 10.6 Å². The monoisotopic (exact) mass is 266 g/mol. The normalized spacial score (nSPS) is 12.9. The van der Waals surface area contributed by atoms with Crippen LogP contribution in [0.2, 0.25) is 0 Å². The minimum absolute atomic E-state index is 0.103. The number of fused-ring (bicyclic) bond motifs is 3. The summed E-state index contributed by atoms with van der Waals surface area (Å²) in [6, 6.07) is 0. The van der Waals surface area contributed by atoms with E-state index in [-0.39, 0.29) is 5.96 Å².